The number of rotatable bonds is 8. The molecule has 0 bridgehead atoms. The lowest BCUT2D eigenvalue weighted by Gasteiger charge is -2.27. The molecule has 1 aliphatic rings. The maximum absolute atomic E-state index is 13.3. The average Bonchev–Trinajstić information content (AvgIpc) is 3.13. The minimum Gasteiger partial charge on any atom is -0.420 e. The van der Waals surface area contributed by atoms with Gasteiger partial charge in [0.25, 0.3) is 0 Å². The van der Waals surface area contributed by atoms with E-state index in [0.29, 0.717) is 11.8 Å². The smallest absolute Gasteiger partial charge is 0.385 e. The van der Waals surface area contributed by atoms with E-state index in [1.165, 1.54) is 6.42 Å². The molecule has 146 valence electrons. The van der Waals surface area contributed by atoms with Crippen LogP contribution in [-0.4, -0.2) is 31.3 Å². The molecule has 0 N–H and O–H groups in total. The molecule has 1 aliphatic heterocycles. The minimum atomic E-state index is -3.53. The Hall–Kier alpha value is -1.88. The Balaban J connectivity index is 1.97. The summed E-state index contributed by atoms with van der Waals surface area (Å²) in [4.78, 5) is 6.60. The molecule has 1 aromatic carbocycles. The summed E-state index contributed by atoms with van der Waals surface area (Å²) in [5.41, 5.74) is 1.32. The van der Waals surface area contributed by atoms with Crippen LogP contribution in [0.2, 0.25) is 0 Å². The summed E-state index contributed by atoms with van der Waals surface area (Å²) in [6.45, 7) is 5.84. The van der Waals surface area contributed by atoms with Gasteiger partial charge in [0, 0.05) is 19.2 Å². The summed E-state index contributed by atoms with van der Waals surface area (Å²) in [7, 11) is -3.53. The third-order valence-electron chi connectivity index (χ3n) is 4.33. The predicted molar refractivity (Wildman–Crippen MR) is 108 cm³/mol. The fraction of sp³-hybridized carbons (Fsp3) is 0.450. The SMILES string of the molecule is CCOP(=O)(OCC)c1nc(/C=C/c2ccccc2)oc1N1CCCCC1. The van der Waals surface area contributed by atoms with Gasteiger partial charge in [0.1, 0.15) is 0 Å². The van der Waals surface area contributed by atoms with Gasteiger partial charge in [-0.05, 0) is 44.7 Å². The van der Waals surface area contributed by atoms with Crippen LogP contribution in [0.15, 0.2) is 34.7 Å². The number of oxazole rings is 1. The molecule has 1 aromatic heterocycles. The van der Waals surface area contributed by atoms with E-state index in [0.717, 1.165) is 31.5 Å². The van der Waals surface area contributed by atoms with Crippen LogP contribution in [0.3, 0.4) is 0 Å². The molecule has 0 saturated carbocycles. The van der Waals surface area contributed by atoms with Gasteiger partial charge in [0.15, 0.2) is 0 Å². The molecule has 0 aliphatic carbocycles. The van der Waals surface area contributed by atoms with Gasteiger partial charge in [-0.3, -0.25) is 4.57 Å². The van der Waals surface area contributed by atoms with Gasteiger partial charge in [-0.25, -0.2) is 0 Å². The lowest BCUT2D eigenvalue weighted by molar-refractivity contribution is 0.229. The molecule has 2 heterocycles. The number of hydrogen-bond acceptors (Lipinski definition) is 6. The van der Waals surface area contributed by atoms with E-state index in [1.54, 1.807) is 19.9 Å². The highest BCUT2D eigenvalue weighted by molar-refractivity contribution is 7.62. The fourth-order valence-corrected chi connectivity index (χ4v) is 4.74. The van der Waals surface area contributed by atoms with Crippen LogP contribution in [0.25, 0.3) is 12.2 Å². The van der Waals surface area contributed by atoms with Crippen LogP contribution in [0.5, 0.6) is 0 Å². The second kappa shape index (κ2) is 9.36. The Morgan fingerprint density at radius 1 is 1.07 bits per heavy atom. The lowest BCUT2D eigenvalue weighted by atomic mass is 10.1. The first kappa shape index (κ1) is 19.9. The van der Waals surface area contributed by atoms with Crippen molar-refractivity contribution < 1.29 is 18.0 Å². The number of benzene rings is 1. The fourth-order valence-electron chi connectivity index (χ4n) is 3.10. The largest absolute Gasteiger partial charge is 0.420 e. The van der Waals surface area contributed by atoms with E-state index < -0.39 is 7.60 Å². The monoisotopic (exact) mass is 390 g/mol. The van der Waals surface area contributed by atoms with Crippen LogP contribution in [0, 0.1) is 0 Å². The summed E-state index contributed by atoms with van der Waals surface area (Å²) < 4.78 is 30.4. The first-order chi connectivity index (χ1) is 13.2. The van der Waals surface area contributed by atoms with E-state index >= 15 is 0 Å². The molecule has 0 radical (unpaired) electrons. The second-order valence-electron chi connectivity index (χ2n) is 6.31. The predicted octanol–water partition coefficient (Wildman–Crippen LogP) is 4.73. The Kier molecular flexibility index (Phi) is 6.89. The van der Waals surface area contributed by atoms with Crippen LogP contribution in [0.1, 0.15) is 44.6 Å². The Labute approximate surface area is 160 Å². The molecule has 0 unspecified atom stereocenters. The topological polar surface area (TPSA) is 64.8 Å². The number of nitrogens with zero attached hydrogens (tertiary/aromatic N) is 2. The van der Waals surface area contributed by atoms with Crippen LogP contribution in [-0.2, 0) is 13.6 Å². The van der Waals surface area contributed by atoms with Crippen molar-refractivity contribution >= 4 is 31.1 Å². The van der Waals surface area contributed by atoms with Crippen molar-refractivity contribution in [2.45, 2.75) is 33.1 Å². The highest BCUT2D eigenvalue weighted by Gasteiger charge is 2.37. The summed E-state index contributed by atoms with van der Waals surface area (Å²) in [5, 5.41) is 0. The van der Waals surface area contributed by atoms with Gasteiger partial charge in [-0.2, -0.15) is 4.98 Å². The molecule has 1 saturated heterocycles. The molecule has 3 rings (SSSR count). The lowest BCUT2D eigenvalue weighted by Crippen LogP contribution is -2.33. The normalized spacial score (nSPS) is 15.6. The third kappa shape index (κ3) is 4.89. The summed E-state index contributed by atoms with van der Waals surface area (Å²) in [5.74, 6) is 0.904. The zero-order valence-corrected chi connectivity index (χ0v) is 16.9. The molecular weight excluding hydrogens is 363 g/mol. The van der Waals surface area contributed by atoms with Gasteiger partial charge in [0.2, 0.25) is 17.2 Å². The number of anilines is 1. The number of piperidine rings is 1. The Bertz CT molecular complexity index is 788. The van der Waals surface area contributed by atoms with E-state index in [1.807, 2.05) is 36.4 Å². The molecule has 1 fully saturated rings. The molecule has 0 amide bonds. The third-order valence-corrected chi connectivity index (χ3v) is 6.33. The second-order valence-corrected chi connectivity index (χ2v) is 8.24. The van der Waals surface area contributed by atoms with E-state index in [-0.39, 0.29) is 18.6 Å². The average molecular weight is 390 g/mol. The number of hydrogen-bond donors (Lipinski definition) is 0. The summed E-state index contributed by atoms with van der Waals surface area (Å²) in [6, 6.07) is 9.90. The van der Waals surface area contributed by atoms with Crippen molar-refractivity contribution in [2.75, 3.05) is 31.2 Å². The minimum absolute atomic E-state index is 0.277. The standard InChI is InChI=1S/C20H27N2O4P/c1-3-24-27(23,25-4-2)19-20(22-15-9-6-10-16-22)26-18(21-19)14-13-17-11-7-5-8-12-17/h5,7-8,11-14H,3-4,6,9-10,15-16H2,1-2H3/b14-13+. The van der Waals surface area contributed by atoms with Crippen LogP contribution in [0.4, 0.5) is 5.88 Å². The summed E-state index contributed by atoms with van der Waals surface area (Å²) in [6.07, 6.45) is 7.04. The highest BCUT2D eigenvalue weighted by atomic mass is 31.2. The first-order valence-electron chi connectivity index (χ1n) is 9.55. The van der Waals surface area contributed by atoms with Crippen molar-refractivity contribution in [3.8, 4) is 0 Å². The molecular formula is C20H27N2O4P. The van der Waals surface area contributed by atoms with Crippen LogP contribution < -0.4 is 10.3 Å². The number of aromatic nitrogens is 1. The first-order valence-corrected chi connectivity index (χ1v) is 11.1. The van der Waals surface area contributed by atoms with E-state index in [9.17, 15) is 4.57 Å². The quantitative estimate of drug-likeness (QED) is 0.608. The maximum atomic E-state index is 13.3. The maximum Gasteiger partial charge on any atom is 0.385 e. The van der Waals surface area contributed by atoms with Crippen LogP contribution >= 0.6 is 7.60 Å². The van der Waals surface area contributed by atoms with Crippen molar-refractivity contribution in [3.05, 3.63) is 41.8 Å². The Morgan fingerprint density at radius 3 is 2.37 bits per heavy atom. The molecule has 27 heavy (non-hydrogen) atoms. The van der Waals surface area contributed by atoms with Gasteiger partial charge in [-0.15, -0.1) is 0 Å². The van der Waals surface area contributed by atoms with E-state index in [2.05, 4.69) is 9.88 Å². The van der Waals surface area contributed by atoms with Crippen molar-refractivity contribution in [1.29, 1.82) is 0 Å². The van der Waals surface area contributed by atoms with E-state index in [4.69, 9.17) is 13.5 Å². The summed E-state index contributed by atoms with van der Waals surface area (Å²) >= 11 is 0. The van der Waals surface area contributed by atoms with Gasteiger partial charge >= 0.3 is 7.60 Å². The molecule has 0 spiro atoms. The van der Waals surface area contributed by atoms with Crippen molar-refractivity contribution in [2.24, 2.45) is 0 Å². The van der Waals surface area contributed by atoms with Gasteiger partial charge in [0.05, 0.1) is 13.2 Å². The van der Waals surface area contributed by atoms with Crippen molar-refractivity contribution in [1.82, 2.24) is 4.98 Å². The molecule has 6 nitrogen and oxygen atoms in total. The molecule has 2 aromatic rings. The van der Waals surface area contributed by atoms with Gasteiger partial charge < -0.3 is 18.4 Å². The van der Waals surface area contributed by atoms with Gasteiger partial charge in [-0.1, -0.05) is 30.3 Å². The highest BCUT2D eigenvalue weighted by Crippen LogP contribution is 2.49. The zero-order chi connectivity index (χ0) is 19.1. The zero-order valence-electron chi connectivity index (χ0n) is 16.0. The molecule has 7 heteroatoms. The van der Waals surface area contributed by atoms with Crippen molar-refractivity contribution in [3.63, 3.8) is 0 Å². The molecule has 0 atom stereocenters. The Morgan fingerprint density at radius 2 is 1.74 bits per heavy atom.